The van der Waals surface area contributed by atoms with E-state index in [0.717, 1.165) is 10.4 Å². The largest absolute Gasteiger partial charge is 0.321 e. The molecule has 0 aliphatic carbocycles. The molecule has 204 valence electrons. The highest BCUT2D eigenvalue weighted by Crippen LogP contribution is 2.36. The Bertz CT molecular complexity index is 2150. The molecule has 5 aromatic heterocycles. The molecule has 0 unspecified atom stereocenters. The van der Waals surface area contributed by atoms with Crippen LogP contribution in [0.15, 0.2) is 85.3 Å². The molecule has 1 amide bonds. The quantitative estimate of drug-likeness (QED) is 0.186. The zero-order valence-electron chi connectivity index (χ0n) is 22.0. The molecule has 5 heterocycles. The lowest BCUT2D eigenvalue weighted by atomic mass is 10.0. The third-order valence-electron chi connectivity index (χ3n) is 6.82. The van der Waals surface area contributed by atoms with E-state index >= 15 is 4.39 Å². The first kappa shape index (κ1) is 25.4. The number of ketones is 1. The molecule has 7 aromatic rings. The van der Waals surface area contributed by atoms with Gasteiger partial charge in [-0.05, 0) is 61.0 Å². The molecule has 0 aliphatic heterocycles. The van der Waals surface area contributed by atoms with Crippen LogP contribution in [0.4, 0.5) is 10.1 Å². The number of fused-ring (bicyclic) bond motifs is 2. The molecule has 0 saturated heterocycles. The lowest BCUT2D eigenvalue weighted by Gasteiger charge is -2.08. The number of hydrogen-bond acceptors (Lipinski definition) is 7. The van der Waals surface area contributed by atoms with Crippen molar-refractivity contribution in [3.63, 3.8) is 0 Å². The van der Waals surface area contributed by atoms with Crippen LogP contribution in [0.2, 0.25) is 0 Å². The number of imidazole rings is 1. The number of carbonyl (C=O) groups is 2. The summed E-state index contributed by atoms with van der Waals surface area (Å²) in [6.45, 7) is 1.54. The van der Waals surface area contributed by atoms with Gasteiger partial charge in [0, 0.05) is 39.3 Å². The van der Waals surface area contributed by atoms with E-state index in [0.29, 0.717) is 55.3 Å². The summed E-state index contributed by atoms with van der Waals surface area (Å²) in [7, 11) is 0. The molecule has 9 nitrogen and oxygen atoms in total. The van der Waals surface area contributed by atoms with Gasteiger partial charge in [0.05, 0.1) is 16.8 Å². The Hall–Kier alpha value is -5.55. The van der Waals surface area contributed by atoms with Crippen molar-refractivity contribution in [1.82, 2.24) is 30.1 Å². The number of aromatic nitrogens is 6. The van der Waals surface area contributed by atoms with Crippen molar-refractivity contribution in [3.8, 4) is 33.1 Å². The Morgan fingerprint density at radius 3 is 2.64 bits per heavy atom. The first-order valence-electron chi connectivity index (χ1n) is 12.9. The number of thiophene rings is 1. The zero-order valence-corrected chi connectivity index (χ0v) is 22.8. The van der Waals surface area contributed by atoms with Crippen LogP contribution >= 0.6 is 11.3 Å². The maximum Gasteiger partial charge on any atom is 0.255 e. The highest BCUT2D eigenvalue weighted by Gasteiger charge is 2.19. The Morgan fingerprint density at radius 2 is 1.83 bits per heavy atom. The molecule has 7 rings (SSSR count). The van der Waals surface area contributed by atoms with Crippen molar-refractivity contribution in [2.24, 2.45) is 0 Å². The van der Waals surface area contributed by atoms with Gasteiger partial charge in [-0.15, -0.1) is 11.3 Å². The first-order chi connectivity index (χ1) is 20.4. The minimum absolute atomic E-state index is 0.000554. The summed E-state index contributed by atoms with van der Waals surface area (Å²) in [6.07, 6.45) is 4.81. The number of amides is 1. The second-order valence-electron chi connectivity index (χ2n) is 9.60. The smallest absolute Gasteiger partial charge is 0.255 e. The van der Waals surface area contributed by atoms with Crippen molar-refractivity contribution in [1.29, 1.82) is 0 Å². The van der Waals surface area contributed by atoms with Crippen LogP contribution in [-0.4, -0.2) is 41.8 Å². The maximum atomic E-state index is 15.3. The van der Waals surface area contributed by atoms with E-state index in [1.807, 2.05) is 18.2 Å². The van der Waals surface area contributed by atoms with Crippen LogP contribution in [-0.2, 0) is 0 Å². The number of hydrogen-bond donors (Lipinski definition) is 3. The monoisotopic (exact) mass is 573 g/mol. The SMILES string of the molecule is CC(=O)c1ccc(-c2ccnc3[nH]c(-c4n[nH]c5c(F)cc(-c6cncc(NC(=O)c7ccccc7)c6)cc45)nc23)s1. The number of benzene rings is 2. The number of H-pyrrole nitrogens is 2. The summed E-state index contributed by atoms with van der Waals surface area (Å²) >= 11 is 1.39. The highest BCUT2D eigenvalue weighted by molar-refractivity contribution is 7.17. The summed E-state index contributed by atoms with van der Waals surface area (Å²) in [5, 5.41) is 10.5. The van der Waals surface area contributed by atoms with Gasteiger partial charge in [0.15, 0.2) is 17.3 Å². The number of carbonyl (C=O) groups excluding carboxylic acids is 2. The maximum absolute atomic E-state index is 15.3. The fourth-order valence-corrected chi connectivity index (χ4v) is 5.71. The first-order valence-corrected chi connectivity index (χ1v) is 13.7. The van der Waals surface area contributed by atoms with Gasteiger partial charge >= 0.3 is 0 Å². The van der Waals surface area contributed by atoms with Crippen LogP contribution < -0.4 is 5.32 Å². The van der Waals surface area contributed by atoms with Crippen LogP contribution in [0.5, 0.6) is 0 Å². The number of aromatic amines is 2. The lowest BCUT2D eigenvalue weighted by Crippen LogP contribution is -2.11. The van der Waals surface area contributed by atoms with Gasteiger partial charge in [-0.2, -0.15) is 5.10 Å². The third-order valence-corrected chi connectivity index (χ3v) is 8.04. The molecule has 3 N–H and O–H groups in total. The van der Waals surface area contributed by atoms with Crippen LogP contribution in [0.3, 0.4) is 0 Å². The molecule has 0 saturated carbocycles. The van der Waals surface area contributed by atoms with Gasteiger partial charge < -0.3 is 10.3 Å². The molecule has 0 fully saturated rings. The normalized spacial score (nSPS) is 11.3. The van der Waals surface area contributed by atoms with E-state index in [-0.39, 0.29) is 17.2 Å². The summed E-state index contributed by atoms with van der Waals surface area (Å²) in [4.78, 5) is 42.7. The predicted octanol–water partition coefficient (Wildman–Crippen LogP) is 6.89. The number of rotatable bonds is 6. The second kappa shape index (κ2) is 10.1. The molecule has 0 atom stereocenters. The van der Waals surface area contributed by atoms with E-state index in [2.05, 4.69) is 30.5 Å². The van der Waals surface area contributed by atoms with Gasteiger partial charge in [0.2, 0.25) is 0 Å². The molecular formula is C31H20FN7O2S. The van der Waals surface area contributed by atoms with Gasteiger partial charge in [0.1, 0.15) is 22.5 Å². The third kappa shape index (κ3) is 4.51. The average molecular weight is 574 g/mol. The van der Waals surface area contributed by atoms with Gasteiger partial charge in [-0.1, -0.05) is 18.2 Å². The summed E-state index contributed by atoms with van der Waals surface area (Å²) in [6, 6.07) is 19.3. The van der Waals surface area contributed by atoms with E-state index in [1.54, 1.807) is 54.9 Å². The van der Waals surface area contributed by atoms with E-state index < -0.39 is 5.82 Å². The van der Waals surface area contributed by atoms with Gasteiger partial charge in [0.25, 0.3) is 5.91 Å². The van der Waals surface area contributed by atoms with Crippen molar-refractivity contribution in [3.05, 3.63) is 102 Å². The Morgan fingerprint density at radius 1 is 0.976 bits per heavy atom. The van der Waals surface area contributed by atoms with Crippen LogP contribution in [0.25, 0.3) is 55.2 Å². The van der Waals surface area contributed by atoms with Crippen molar-refractivity contribution in [2.75, 3.05) is 5.32 Å². The highest BCUT2D eigenvalue weighted by atomic mass is 32.1. The topological polar surface area (TPSA) is 129 Å². The minimum atomic E-state index is -0.495. The van der Waals surface area contributed by atoms with Crippen LogP contribution in [0.1, 0.15) is 27.0 Å². The second-order valence-corrected chi connectivity index (χ2v) is 10.7. The summed E-state index contributed by atoms with van der Waals surface area (Å²) in [5.41, 5.74) is 4.79. The predicted molar refractivity (Wildman–Crippen MR) is 160 cm³/mol. The Balaban J connectivity index is 1.27. The minimum Gasteiger partial charge on any atom is -0.321 e. The number of nitrogens with zero attached hydrogens (tertiary/aromatic N) is 4. The van der Waals surface area contributed by atoms with Crippen LogP contribution in [0, 0.1) is 5.82 Å². The molecule has 42 heavy (non-hydrogen) atoms. The van der Waals surface area contributed by atoms with E-state index in [4.69, 9.17) is 4.98 Å². The van der Waals surface area contributed by atoms with E-state index in [1.165, 1.54) is 30.5 Å². The number of pyridine rings is 2. The molecular weight excluding hydrogens is 553 g/mol. The lowest BCUT2D eigenvalue weighted by molar-refractivity contribution is 0.101. The number of nitrogens with one attached hydrogen (secondary N) is 3. The van der Waals surface area contributed by atoms with Gasteiger partial charge in [-0.3, -0.25) is 19.7 Å². The van der Waals surface area contributed by atoms with Crippen molar-refractivity contribution >= 4 is 50.8 Å². The standard InChI is InChI=1S/C31H20FN7O2S/c1-16(40)24-7-8-25(42-24)21-9-10-34-29-27(21)36-30(37-29)28-22-12-18(13-23(32)26(22)38-39-28)19-11-20(15-33-14-19)35-31(41)17-5-3-2-4-6-17/h2-15H,1H3,(H,35,41)(H,38,39)(H,34,36,37). The molecule has 11 heteroatoms. The van der Waals surface area contributed by atoms with Crippen molar-refractivity contribution in [2.45, 2.75) is 6.92 Å². The number of halogens is 1. The van der Waals surface area contributed by atoms with E-state index in [9.17, 15) is 9.59 Å². The Kier molecular flexibility index (Phi) is 6.13. The molecule has 0 bridgehead atoms. The molecule has 2 aromatic carbocycles. The zero-order chi connectivity index (χ0) is 28.8. The molecule has 0 aliphatic rings. The number of anilines is 1. The fourth-order valence-electron chi connectivity index (χ4n) is 4.78. The summed E-state index contributed by atoms with van der Waals surface area (Å²) in [5.74, 6) is -0.353. The fraction of sp³-hybridized carbons (Fsp3) is 0.0323. The summed E-state index contributed by atoms with van der Waals surface area (Å²) < 4.78 is 15.3. The number of Topliss-reactive ketones (excluding diaryl/α,β-unsaturated/α-hetero) is 1. The Labute approximate surface area is 241 Å². The molecule has 0 radical (unpaired) electrons. The van der Waals surface area contributed by atoms with Gasteiger partial charge in [-0.25, -0.2) is 14.4 Å². The average Bonchev–Trinajstić information content (AvgIpc) is 3.76. The van der Waals surface area contributed by atoms with Crippen molar-refractivity contribution < 1.29 is 14.0 Å². The molecule has 0 spiro atoms.